The highest BCUT2D eigenvalue weighted by Crippen LogP contribution is 2.32. The summed E-state index contributed by atoms with van der Waals surface area (Å²) in [6.07, 6.45) is 3.23. The Hall–Kier alpha value is -1.62. The van der Waals surface area contributed by atoms with E-state index in [0.29, 0.717) is 21.4 Å². The lowest BCUT2D eigenvalue weighted by atomic mass is 9.93. The lowest BCUT2D eigenvalue weighted by Crippen LogP contribution is -2.30. The van der Waals surface area contributed by atoms with Gasteiger partial charge in [0.1, 0.15) is 5.75 Å². The Bertz CT molecular complexity index is 756. The van der Waals surface area contributed by atoms with Crippen molar-refractivity contribution in [3.8, 4) is 5.75 Å². The van der Waals surface area contributed by atoms with Gasteiger partial charge in [0.25, 0.3) is 5.56 Å². The first kappa shape index (κ1) is 12.4. The first-order valence-electron chi connectivity index (χ1n) is 6.45. The Morgan fingerprint density at radius 1 is 1.42 bits per heavy atom. The van der Waals surface area contributed by atoms with Gasteiger partial charge in [0.05, 0.1) is 18.0 Å². The van der Waals surface area contributed by atoms with Crippen LogP contribution >= 0.6 is 12.2 Å². The summed E-state index contributed by atoms with van der Waals surface area (Å²) in [5.41, 5.74) is 1.65. The van der Waals surface area contributed by atoms with Crippen molar-refractivity contribution < 1.29 is 4.74 Å². The van der Waals surface area contributed by atoms with Crippen LogP contribution in [-0.4, -0.2) is 16.7 Å². The second-order valence-corrected chi connectivity index (χ2v) is 5.41. The van der Waals surface area contributed by atoms with Crippen LogP contribution in [0.4, 0.5) is 0 Å². The van der Waals surface area contributed by atoms with Crippen molar-refractivity contribution in [3.63, 3.8) is 0 Å². The van der Waals surface area contributed by atoms with Crippen LogP contribution in [0.15, 0.2) is 16.9 Å². The number of H-pyrrole nitrogens is 1. The Kier molecular flexibility index (Phi) is 2.93. The minimum atomic E-state index is -0.000139. The molecule has 1 aliphatic carbocycles. The maximum atomic E-state index is 12.7. The molecule has 19 heavy (non-hydrogen) atoms. The molecule has 0 bridgehead atoms. The maximum absolute atomic E-state index is 12.7. The van der Waals surface area contributed by atoms with Crippen LogP contribution in [-0.2, 0) is 0 Å². The fourth-order valence-corrected chi connectivity index (χ4v) is 2.95. The minimum Gasteiger partial charge on any atom is -0.495 e. The molecule has 1 aromatic heterocycles. The van der Waals surface area contributed by atoms with Gasteiger partial charge in [-0.2, -0.15) is 0 Å². The summed E-state index contributed by atoms with van der Waals surface area (Å²) in [4.78, 5) is 15.9. The summed E-state index contributed by atoms with van der Waals surface area (Å²) < 4.78 is 7.53. The summed E-state index contributed by atoms with van der Waals surface area (Å²) in [5, 5.41) is 0.680. The Morgan fingerprint density at radius 3 is 2.74 bits per heavy atom. The average molecular weight is 276 g/mol. The number of methoxy groups -OCH3 is 1. The lowest BCUT2D eigenvalue weighted by molar-refractivity contribution is 0.302. The number of ether oxygens (including phenoxy) is 1. The summed E-state index contributed by atoms with van der Waals surface area (Å²) in [7, 11) is 1.60. The van der Waals surface area contributed by atoms with Crippen LogP contribution in [0.3, 0.4) is 0 Å². The molecule has 0 radical (unpaired) electrons. The second kappa shape index (κ2) is 4.49. The number of hydrogen-bond donors (Lipinski definition) is 1. The third kappa shape index (κ3) is 1.80. The largest absolute Gasteiger partial charge is 0.495 e. The maximum Gasteiger partial charge on any atom is 0.262 e. The second-order valence-electron chi connectivity index (χ2n) is 5.02. The molecule has 3 rings (SSSR count). The van der Waals surface area contributed by atoms with Crippen LogP contribution < -0.4 is 10.3 Å². The third-order valence-electron chi connectivity index (χ3n) is 3.92. The van der Waals surface area contributed by atoms with Crippen LogP contribution in [0.2, 0.25) is 0 Å². The molecule has 0 spiro atoms. The predicted molar refractivity (Wildman–Crippen MR) is 77.6 cm³/mol. The van der Waals surface area contributed by atoms with E-state index in [-0.39, 0.29) is 11.6 Å². The number of aromatic amines is 1. The highest BCUT2D eigenvalue weighted by molar-refractivity contribution is 7.71. The molecule has 0 saturated heterocycles. The molecule has 4 nitrogen and oxygen atoms in total. The molecule has 1 heterocycles. The molecule has 1 aromatic carbocycles. The number of hydrogen-bond acceptors (Lipinski definition) is 3. The van der Waals surface area contributed by atoms with Gasteiger partial charge < -0.3 is 9.72 Å². The van der Waals surface area contributed by atoms with Gasteiger partial charge in [-0.15, -0.1) is 0 Å². The quantitative estimate of drug-likeness (QED) is 0.857. The monoisotopic (exact) mass is 276 g/mol. The minimum absolute atomic E-state index is 0.000139. The van der Waals surface area contributed by atoms with Gasteiger partial charge in [0, 0.05) is 6.04 Å². The number of rotatable bonds is 2. The zero-order valence-electron chi connectivity index (χ0n) is 11.0. The molecular weight excluding hydrogens is 260 g/mol. The predicted octanol–water partition coefficient (Wildman–Crippen LogP) is 3.10. The summed E-state index contributed by atoms with van der Waals surface area (Å²) in [6.45, 7) is 1.94. The van der Waals surface area contributed by atoms with Gasteiger partial charge >= 0.3 is 0 Å². The normalized spacial score (nSPS) is 15.5. The molecular formula is C14H16N2O2S. The number of fused-ring (bicyclic) bond motifs is 1. The number of nitrogens with zero attached hydrogens (tertiary/aromatic N) is 1. The molecule has 0 atom stereocenters. The van der Waals surface area contributed by atoms with Crippen molar-refractivity contribution in [1.29, 1.82) is 0 Å². The highest BCUT2D eigenvalue weighted by Gasteiger charge is 2.23. The zero-order chi connectivity index (χ0) is 13.6. The molecule has 1 aliphatic rings. The molecule has 100 valence electrons. The Morgan fingerprint density at radius 2 is 2.16 bits per heavy atom. The van der Waals surface area contributed by atoms with Crippen molar-refractivity contribution in [3.05, 3.63) is 32.8 Å². The molecule has 1 N–H and O–H groups in total. The Labute approximate surface area is 116 Å². The summed E-state index contributed by atoms with van der Waals surface area (Å²) >= 11 is 5.35. The zero-order valence-corrected chi connectivity index (χ0v) is 11.8. The van der Waals surface area contributed by atoms with E-state index in [9.17, 15) is 4.79 Å². The smallest absolute Gasteiger partial charge is 0.262 e. The molecule has 0 amide bonds. The van der Waals surface area contributed by atoms with E-state index in [1.807, 2.05) is 19.1 Å². The van der Waals surface area contributed by atoms with E-state index in [2.05, 4.69) is 4.98 Å². The van der Waals surface area contributed by atoms with Crippen LogP contribution in [0, 0.1) is 11.7 Å². The third-order valence-corrected chi connectivity index (χ3v) is 4.22. The number of nitrogens with one attached hydrogen (secondary N) is 1. The van der Waals surface area contributed by atoms with E-state index in [4.69, 9.17) is 17.0 Å². The van der Waals surface area contributed by atoms with Crippen molar-refractivity contribution in [1.82, 2.24) is 9.55 Å². The van der Waals surface area contributed by atoms with Crippen molar-refractivity contribution in [2.45, 2.75) is 32.2 Å². The van der Waals surface area contributed by atoms with Gasteiger partial charge in [-0.25, -0.2) is 0 Å². The molecule has 1 saturated carbocycles. The SMILES string of the molecule is COc1ccc(C)c2c(=O)n(C3CCC3)c(=S)[nH]c12. The fourth-order valence-electron chi connectivity index (χ4n) is 2.61. The van der Waals surface area contributed by atoms with Crippen molar-refractivity contribution in [2.24, 2.45) is 0 Å². The van der Waals surface area contributed by atoms with E-state index < -0.39 is 0 Å². The average Bonchev–Trinajstić information content (AvgIpc) is 2.32. The van der Waals surface area contributed by atoms with E-state index in [0.717, 1.165) is 18.4 Å². The Balaban J connectivity index is 2.41. The fraction of sp³-hybridized carbons (Fsp3) is 0.429. The van der Waals surface area contributed by atoms with Gasteiger partial charge in [-0.05, 0) is 50.0 Å². The molecule has 1 fully saturated rings. The summed E-state index contributed by atoms with van der Waals surface area (Å²) in [5.74, 6) is 0.657. The molecule has 2 aromatic rings. The number of benzene rings is 1. The van der Waals surface area contributed by atoms with Crippen LogP contribution in [0.1, 0.15) is 30.9 Å². The topological polar surface area (TPSA) is 47.0 Å². The molecule has 0 aliphatic heterocycles. The van der Waals surface area contributed by atoms with Gasteiger partial charge in [-0.1, -0.05) is 6.07 Å². The first-order valence-corrected chi connectivity index (χ1v) is 6.86. The summed E-state index contributed by atoms with van der Waals surface area (Å²) in [6, 6.07) is 4.02. The van der Waals surface area contributed by atoms with Crippen LogP contribution in [0.25, 0.3) is 10.9 Å². The number of aromatic nitrogens is 2. The van der Waals surface area contributed by atoms with E-state index in [1.165, 1.54) is 6.42 Å². The highest BCUT2D eigenvalue weighted by atomic mass is 32.1. The van der Waals surface area contributed by atoms with E-state index in [1.54, 1.807) is 11.7 Å². The first-order chi connectivity index (χ1) is 9.13. The van der Waals surface area contributed by atoms with Gasteiger partial charge in [-0.3, -0.25) is 9.36 Å². The van der Waals surface area contributed by atoms with Crippen molar-refractivity contribution >= 4 is 23.1 Å². The lowest BCUT2D eigenvalue weighted by Gasteiger charge is -2.27. The van der Waals surface area contributed by atoms with Gasteiger partial charge in [0.2, 0.25) is 0 Å². The van der Waals surface area contributed by atoms with Gasteiger partial charge in [0.15, 0.2) is 4.77 Å². The van der Waals surface area contributed by atoms with Crippen LogP contribution in [0.5, 0.6) is 5.75 Å². The number of aryl methyl sites for hydroxylation is 1. The van der Waals surface area contributed by atoms with Crippen molar-refractivity contribution in [2.75, 3.05) is 7.11 Å². The molecule has 0 unspecified atom stereocenters. The molecule has 5 heteroatoms. The standard InChI is InChI=1S/C14H16N2O2S/c1-8-6-7-10(18-2)12-11(8)13(17)16(14(19)15-12)9-4-3-5-9/h6-7,9H,3-5H2,1-2H3,(H,15,19). The van der Waals surface area contributed by atoms with E-state index >= 15 is 0 Å².